The van der Waals surface area contributed by atoms with Crippen molar-refractivity contribution in [2.75, 3.05) is 35.6 Å². The van der Waals surface area contributed by atoms with Gasteiger partial charge in [0.1, 0.15) is 0 Å². The number of aliphatic hydroxyl groups excluding tert-OH is 2. The Morgan fingerprint density at radius 3 is 1.82 bits per heavy atom. The number of rotatable bonds is 17. The zero-order valence-corrected chi connectivity index (χ0v) is 16.4. The zero-order valence-electron chi connectivity index (χ0n) is 13.8. The molecule has 0 aromatic carbocycles. The Kier molecular flexibility index (Phi) is 17.5. The van der Waals surface area contributed by atoms with Crippen LogP contribution < -0.4 is 5.73 Å². The number of aliphatic hydroxyl groups is 2. The van der Waals surface area contributed by atoms with Gasteiger partial charge in [0.05, 0.1) is 18.8 Å². The molecular formula is C16H35NO2S3. The highest BCUT2D eigenvalue weighted by molar-refractivity contribution is 8.15. The zero-order chi connectivity index (χ0) is 16.5. The van der Waals surface area contributed by atoms with Crippen LogP contribution in [0.2, 0.25) is 0 Å². The number of thioether (sulfide) groups is 2. The predicted molar refractivity (Wildman–Crippen MR) is 106 cm³/mol. The fourth-order valence-corrected chi connectivity index (χ4v) is 4.66. The van der Waals surface area contributed by atoms with Crippen molar-refractivity contribution in [1.29, 1.82) is 0 Å². The Hall–Kier alpha value is 0.930. The smallest absolute Gasteiger partial charge is 0.0633 e. The fraction of sp³-hybridized carbons (Fsp3) is 1.00. The number of unbranched alkanes of at least 4 members (excludes halogenated alkanes) is 6. The van der Waals surface area contributed by atoms with Gasteiger partial charge in [-0.05, 0) is 36.5 Å². The standard InChI is InChI=1S/C16H35NO2S3/c17-16(13-18,14-19)9-6-4-2-1-3-5-7-11-21-15-22-12-8-10-20/h18-20H,1-15,17H2. The van der Waals surface area contributed by atoms with E-state index in [0.29, 0.717) is 6.42 Å². The van der Waals surface area contributed by atoms with Gasteiger partial charge in [0, 0.05) is 5.08 Å². The largest absolute Gasteiger partial charge is 0.394 e. The van der Waals surface area contributed by atoms with Crippen LogP contribution >= 0.6 is 36.2 Å². The third-order valence-electron chi connectivity index (χ3n) is 3.71. The molecule has 4 N–H and O–H groups in total. The Balaban J connectivity index is 3.14. The van der Waals surface area contributed by atoms with E-state index in [1.807, 2.05) is 11.8 Å². The second kappa shape index (κ2) is 16.8. The van der Waals surface area contributed by atoms with E-state index in [1.165, 1.54) is 55.1 Å². The van der Waals surface area contributed by atoms with Crippen molar-refractivity contribution in [3.05, 3.63) is 0 Å². The normalized spacial score (nSPS) is 12.0. The predicted octanol–water partition coefficient (Wildman–Crippen LogP) is 3.53. The summed E-state index contributed by atoms with van der Waals surface area (Å²) in [5.74, 6) is 3.54. The van der Waals surface area contributed by atoms with Gasteiger partial charge in [-0.3, -0.25) is 0 Å². The SMILES string of the molecule is NC(CO)(CO)CCCCCCCCCSCSCCCS. The van der Waals surface area contributed by atoms with E-state index in [-0.39, 0.29) is 13.2 Å². The topological polar surface area (TPSA) is 66.5 Å². The van der Waals surface area contributed by atoms with Crippen LogP contribution in [-0.2, 0) is 0 Å². The second-order valence-corrected chi connectivity index (χ2v) is 8.94. The summed E-state index contributed by atoms with van der Waals surface area (Å²) in [7, 11) is 0. The first kappa shape index (κ1) is 22.9. The van der Waals surface area contributed by atoms with Gasteiger partial charge in [0.2, 0.25) is 0 Å². The molecule has 0 atom stereocenters. The monoisotopic (exact) mass is 369 g/mol. The van der Waals surface area contributed by atoms with E-state index in [1.54, 1.807) is 0 Å². The van der Waals surface area contributed by atoms with E-state index in [2.05, 4.69) is 24.4 Å². The van der Waals surface area contributed by atoms with Gasteiger partial charge in [-0.15, -0.1) is 0 Å². The van der Waals surface area contributed by atoms with E-state index in [4.69, 9.17) is 15.9 Å². The summed E-state index contributed by atoms with van der Waals surface area (Å²) in [5.41, 5.74) is 5.06. The molecule has 0 aliphatic rings. The summed E-state index contributed by atoms with van der Waals surface area (Å²) in [5, 5.41) is 19.4. The second-order valence-electron chi connectivity index (χ2n) is 5.91. The summed E-state index contributed by atoms with van der Waals surface area (Å²) in [6, 6.07) is 0. The molecule has 6 heteroatoms. The van der Waals surface area contributed by atoms with Crippen molar-refractivity contribution >= 4 is 36.2 Å². The lowest BCUT2D eigenvalue weighted by molar-refractivity contribution is 0.112. The van der Waals surface area contributed by atoms with Crippen LogP contribution in [0.4, 0.5) is 0 Å². The molecule has 0 aromatic rings. The summed E-state index contributed by atoms with van der Waals surface area (Å²) >= 11 is 8.30. The van der Waals surface area contributed by atoms with Crippen LogP contribution in [0, 0.1) is 0 Å². The quantitative estimate of drug-likeness (QED) is 0.179. The lowest BCUT2D eigenvalue weighted by Crippen LogP contribution is -2.47. The van der Waals surface area contributed by atoms with Gasteiger partial charge in [0.15, 0.2) is 0 Å². The molecular weight excluding hydrogens is 334 g/mol. The average Bonchev–Trinajstić information content (AvgIpc) is 2.55. The average molecular weight is 370 g/mol. The molecule has 0 aliphatic heterocycles. The molecule has 0 bridgehead atoms. The molecule has 0 unspecified atom stereocenters. The van der Waals surface area contributed by atoms with Crippen LogP contribution in [0.25, 0.3) is 0 Å². The van der Waals surface area contributed by atoms with Crippen molar-refractivity contribution in [1.82, 2.24) is 0 Å². The highest BCUT2D eigenvalue weighted by atomic mass is 32.2. The van der Waals surface area contributed by atoms with E-state index < -0.39 is 5.54 Å². The molecule has 0 heterocycles. The highest BCUT2D eigenvalue weighted by Crippen LogP contribution is 2.17. The van der Waals surface area contributed by atoms with Gasteiger partial charge in [0.25, 0.3) is 0 Å². The molecule has 0 spiro atoms. The third-order valence-corrected chi connectivity index (χ3v) is 6.51. The molecule has 134 valence electrons. The molecule has 0 rings (SSSR count). The van der Waals surface area contributed by atoms with Crippen LogP contribution in [0.5, 0.6) is 0 Å². The van der Waals surface area contributed by atoms with Gasteiger partial charge in [-0.2, -0.15) is 36.2 Å². The molecule has 3 nitrogen and oxygen atoms in total. The lowest BCUT2D eigenvalue weighted by Gasteiger charge is -2.24. The minimum absolute atomic E-state index is 0.131. The molecule has 0 saturated carbocycles. The van der Waals surface area contributed by atoms with Crippen LogP contribution in [0.1, 0.15) is 57.8 Å². The van der Waals surface area contributed by atoms with Gasteiger partial charge < -0.3 is 15.9 Å². The van der Waals surface area contributed by atoms with Crippen molar-refractivity contribution in [3.8, 4) is 0 Å². The van der Waals surface area contributed by atoms with Crippen molar-refractivity contribution in [2.24, 2.45) is 5.73 Å². The number of hydrogen-bond acceptors (Lipinski definition) is 6. The fourth-order valence-electron chi connectivity index (χ4n) is 2.12. The first-order chi connectivity index (χ1) is 10.7. The van der Waals surface area contributed by atoms with Crippen LogP contribution in [0.3, 0.4) is 0 Å². The molecule has 0 aliphatic carbocycles. The van der Waals surface area contributed by atoms with Gasteiger partial charge in [-0.1, -0.05) is 38.5 Å². The van der Waals surface area contributed by atoms with E-state index >= 15 is 0 Å². The molecule has 0 aromatic heterocycles. The Bertz CT molecular complexity index is 229. The first-order valence-electron chi connectivity index (χ1n) is 8.45. The van der Waals surface area contributed by atoms with Crippen LogP contribution in [-0.4, -0.2) is 51.3 Å². The summed E-state index contributed by atoms with van der Waals surface area (Å²) in [6.07, 6.45) is 10.6. The molecule has 22 heavy (non-hydrogen) atoms. The van der Waals surface area contributed by atoms with E-state index in [9.17, 15) is 0 Å². The Morgan fingerprint density at radius 1 is 0.773 bits per heavy atom. The first-order valence-corrected chi connectivity index (χ1v) is 11.4. The minimum atomic E-state index is -0.776. The number of thiol groups is 1. The van der Waals surface area contributed by atoms with Crippen molar-refractivity contribution in [2.45, 2.75) is 63.3 Å². The molecule has 0 saturated heterocycles. The summed E-state index contributed by atoms with van der Waals surface area (Å²) in [6.45, 7) is -0.262. The van der Waals surface area contributed by atoms with Crippen molar-refractivity contribution < 1.29 is 10.2 Å². The third kappa shape index (κ3) is 14.5. The Morgan fingerprint density at radius 2 is 1.27 bits per heavy atom. The molecule has 0 radical (unpaired) electrons. The lowest BCUT2D eigenvalue weighted by atomic mass is 9.95. The maximum atomic E-state index is 9.10. The van der Waals surface area contributed by atoms with Gasteiger partial charge >= 0.3 is 0 Å². The van der Waals surface area contributed by atoms with Crippen LogP contribution in [0.15, 0.2) is 0 Å². The van der Waals surface area contributed by atoms with Gasteiger partial charge in [-0.25, -0.2) is 0 Å². The number of nitrogens with two attached hydrogens (primary N) is 1. The maximum absolute atomic E-state index is 9.10. The highest BCUT2D eigenvalue weighted by Gasteiger charge is 2.21. The summed E-state index contributed by atoms with van der Waals surface area (Å²) in [4.78, 5) is 0. The maximum Gasteiger partial charge on any atom is 0.0633 e. The summed E-state index contributed by atoms with van der Waals surface area (Å²) < 4.78 is 0. The number of hydrogen-bond donors (Lipinski definition) is 4. The Labute approximate surface area is 151 Å². The van der Waals surface area contributed by atoms with E-state index in [0.717, 1.165) is 18.6 Å². The van der Waals surface area contributed by atoms with Crippen molar-refractivity contribution in [3.63, 3.8) is 0 Å². The molecule has 0 fully saturated rings. The molecule has 0 amide bonds. The minimum Gasteiger partial charge on any atom is -0.394 e.